The van der Waals surface area contributed by atoms with Crippen molar-refractivity contribution in [3.8, 4) is 11.3 Å². The van der Waals surface area contributed by atoms with E-state index < -0.39 is 0 Å². The summed E-state index contributed by atoms with van der Waals surface area (Å²) in [4.78, 5) is 4.76. The third kappa shape index (κ3) is 2.23. The molecule has 0 spiro atoms. The van der Waals surface area contributed by atoms with Gasteiger partial charge in [-0.25, -0.2) is 4.98 Å². The molecule has 0 unspecified atom stereocenters. The number of nitrogen functional groups attached to an aromatic ring is 1. The summed E-state index contributed by atoms with van der Waals surface area (Å²) >= 11 is 6.06. The second-order valence-corrected chi connectivity index (χ2v) is 5.91. The van der Waals surface area contributed by atoms with E-state index in [0.29, 0.717) is 17.0 Å². The minimum Gasteiger partial charge on any atom is -0.383 e. The molecule has 1 fully saturated rings. The molecular weight excluding hydrogens is 258 g/mol. The molecule has 1 aliphatic rings. The van der Waals surface area contributed by atoms with Crippen LogP contribution in [0.4, 0.5) is 5.82 Å². The van der Waals surface area contributed by atoms with Crippen LogP contribution in [-0.4, -0.2) is 9.55 Å². The van der Waals surface area contributed by atoms with Crippen LogP contribution < -0.4 is 5.73 Å². The molecule has 0 saturated heterocycles. The van der Waals surface area contributed by atoms with Crippen LogP contribution in [0.25, 0.3) is 11.3 Å². The lowest BCUT2D eigenvalue weighted by Gasteiger charge is -2.10. The number of hydrogen-bond donors (Lipinski definition) is 1. The molecule has 1 aromatic carbocycles. The van der Waals surface area contributed by atoms with Crippen LogP contribution in [0.5, 0.6) is 0 Å². The molecule has 1 saturated carbocycles. The Hall–Kier alpha value is -1.48. The minimum absolute atomic E-state index is 0.371. The van der Waals surface area contributed by atoms with E-state index >= 15 is 0 Å². The maximum atomic E-state index is 6.32. The normalized spacial score (nSPS) is 15.2. The zero-order chi connectivity index (χ0) is 13.6. The van der Waals surface area contributed by atoms with Gasteiger partial charge in [-0.3, -0.25) is 0 Å². The van der Waals surface area contributed by atoms with Crippen molar-refractivity contribution in [2.24, 2.45) is 0 Å². The van der Waals surface area contributed by atoms with Crippen LogP contribution in [0, 0.1) is 0 Å². The highest BCUT2D eigenvalue weighted by atomic mass is 35.5. The second-order valence-electron chi connectivity index (χ2n) is 5.47. The molecule has 0 aliphatic heterocycles. The van der Waals surface area contributed by atoms with Gasteiger partial charge in [0, 0.05) is 22.5 Å². The summed E-state index contributed by atoms with van der Waals surface area (Å²) in [6.07, 6.45) is 2.41. The Kier molecular flexibility index (Phi) is 3.02. The molecule has 0 radical (unpaired) electrons. The molecule has 3 nitrogen and oxygen atoms in total. The van der Waals surface area contributed by atoms with Crippen molar-refractivity contribution < 1.29 is 0 Å². The van der Waals surface area contributed by atoms with Crippen LogP contribution in [0.15, 0.2) is 24.3 Å². The topological polar surface area (TPSA) is 43.8 Å². The van der Waals surface area contributed by atoms with E-state index in [4.69, 9.17) is 22.3 Å². The molecule has 2 aromatic rings. The number of hydrogen-bond acceptors (Lipinski definition) is 2. The summed E-state index contributed by atoms with van der Waals surface area (Å²) in [6, 6.07) is 8.26. The number of aromatic nitrogens is 2. The summed E-state index contributed by atoms with van der Waals surface area (Å²) in [5.74, 6) is 2.22. The summed E-state index contributed by atoms with van der Waals surface area (Å²) in [5.41, 5.74) is 8.17. The average Bonchev–Trinajstić information content (AvgIpc) is 3.12. The van der Waals surface area contributed by atoms with Gasteiger partial charge >= 0.3 is 0 Å². The number of nitrogens with two attached hydrogens (primary N) is 1. The first-order valence-corrected chi connectivity index (χ1v) is 7.09. The highest BCUT2D eigenvalue weighted by Gasteiger charge is 2.30. The Morgan fingerprint density at radius 1 is 1.37 bits per heavy atom. The molecule has 1 aliphatic carbocycles. The molecule has 0 atom stereocenters. The van der Waals surface area contributed by atoms with Gasteiger partial charge in [-0.05, 0) is 25.0 Å². The standard InChI is InChI=1S/C15H18ClN3/c1-9(2)15-18-13(10-4-3-5-11(16)8-10)14(17)19(15)12-6-7-12/h3-5,8-9,12H,6-7,17H2,1-2H3. The fourth-order valence-electron chi connectivity index (χ4n) is 2.44. The lowest BCUT2D eigenvalue weighted by molar-refractivity contribution is 0.646. The summed E-state index contributed by atoms with van der Waals surface area (Å²) < 4.78 is 2.21. The van der Waals surface area contributed by atoms with Crippen molar-refractivity contribution in [3.63, 3.8) is 0 Å². The molecule has 2 N–H and O–H groups in total. The third-order valence-corrected chi connectivity index (χ3v) is 3.74. The van der Waals surface area contributed by atoms with Crippen molar-refractivity contribution in [2.75, 3.05) is 5.73 Å². The zero-order valence-corrected chi connectivity index (χ0v) is 12.0. The maximum absolute atomic E-state index is 6.32. The number of imidazole rings is 1. The summed E-state index contributed by atoms with van der Waals surface area (Å²) in [6.45, 7) is 4.31. The van der Waals surface area contributed by atoms with Crippen molar-refractivity contribution in [3.05, 3.63) is 35.1 Å². The zero-order valence-electron chi connectivity index (χ0n) is 11.2. The first-order chi connectivity index (χ1) is 9.08. The van der Waals surface area contributed by atoms with Gasteiger partial charge in [-0.2, -0.15) is 0 Å². The summed E-state index contributed by atoms with van der Waals surface area (Å²) in [5, 5.41) is 0.712. The highest BCUT2D eigenvalue weighted by molar-refractivity contribution is 6.30. The van der Waals surface area contributed by atoms with E-state index in [2.05, 4.69) is 18.4 Å². The van der Waals surface area contributed by atoms with Crippen LogP contribution in [0.1, 0.15) is 44.5 Å². The van der Waals surface area contributed by atoms with E-state index in [1.807, 2.05) is 24.3 Å². The third-order valence-electron chi connectivity index (χ3n) is 3.50. The van der Waals surface area contributed by atoms with Crippen molar-refractivity contribution in [2.45, 2.75) is 38.6 Å². The Balaban J connectivity index is 2.14. The molecule has 100 valence electrons. The first kappa shape index (κ1) is 12.5. The van der Waals surface area contributed by atoms with Crippen LogP contribution in [0.2, 0.25) is 5.02 Å². The monoisotopic (exact) mass is 275 g/mol. The molecule has 4 heteroatoms. The fourth-order valence-corrected chi connectivity index (χ4v) is 2.63. The Labute approximate surface area is 118 Å². The van der Waals surface area contributed by atoms with Gasteiger partial charge in [0.15, 0.2) is 0 Å². The van der Waals surface area contributed by atoms with Crippen molar-refractivity contribution >= 4 is 17.4 Å². The minimum atomic E-state index is 0.371. The van der Waals surface area contributed by atoms with Crippen LogP contribution in [0.3, 0.4) is 0 Å². The van der Waals surface area contributed by atoms with Crippen LogP contribution in [-0.2, 0) is 0 Å². The van der Waals surface area contributed by atoms with E-state index in [0.717, 1.165) is 22.9 Å². The molecule has 0 amide bonds. The number of halogens is 1. The average molecular weight is 276 g/mol. The number of rotatable bonds is 3. The fraction of sp³-hybridized carbons (Fsp3) is 0.400. The largest absolute Gasteiger partial charge is 0.383 e. The van der Waals surface area contributed by atoms with E-state index in [1.54, 1.807) is 0 Å². The van der Waals surface area contributed by atoms with E-state index in [1.165, 1.54) is 12.8 Å². The quantitative estimate of drug-likeness (QED) is 0.910. The first-order valence-electron chi connectivity index (χ1n) is 6.71. The molecule has 1 aromatic heterocycles. The lowest BCUT2D eigenvalue weighted by atomic mass is 10.1. The van der Waals surface area contributed by atoms with Gasteiger partial charge < -0.3 is 10.3 Å². The Bertz CT molecular complexity index is 612. The highest BCUT2D eigenvalue weighted by Crippen LogP contribution is 2.42. The molecule has 0 bridgehead atoms. The van der Waals surface area contributed by atoms with Gasteiger partial charge in [0.25, 0.3) is 0 Å². The van der Waals surface area contributed by atoms with Crippen LogP contribution >= 0.6 is 11.6 Å². The molecule has 19 heavy (non-hydrogen) atoms. The molecular formula is C15H18ClN3. The van der Waals surface area contributed by atoms with Gasteiger partial charge in [0.05, 0.1) is 0 Å². The molecule has 1 heterocycles. The predicted molar refractivity (Wildman–Crippen MR) is 79.4 cm³/mol. The SMILES string of the molecule is CC(C)c1nc(-c2cccc(Cl)c2)c(N)n1C1CC1. The number of anilines is 1. The maximum Gasteiger partial charge on any atom is 0.132 e. The van der Waals surface area contributed by atoms with Crippen molar-refractivity contribution in [1.29, 1.82) is 0 Å². The Morgan fingerprint density at radius 3 is 2.68 bits per heavy atom. The summed E-state index contributed by atoms with van der Waals surface area (Å²) in [7, 11) is 0. The van der Waals surface area contributed by atoms with E-state index in [-0.39, 0.29) is 0 Å². The van der Waals surface area contributed by atoms with Gasteiger partial charge in [-0.15, -0.1) is 0 Å². The smallest absolute Gasteiger partial charge is 0.132 e. The van der Waals surface area contributed by atoms with E-state index in [9.17, 15) is 0 Å². The predicted octanol–water partition coefficient (Wildman–Crippen LogP) is 4.24. The number of nitrogens with zero attached hydrogens (tertiary/aromatic N) is 2. The lowest BCUT2D eigenvalue weighted by Crippen LogP contribution is -2.06. The number of benzene rings is 1. The van der Waals surface area contributed by atoms with Gasteiger partial charge in [-0.1, -0.05) is 37.6 Å². The molecule has 3 rings (SSSR count). The second kappa shape index (κ2) is 4.57. The van der Waals surface area contributed by atoms with Crippen molar-refractivity contribution in [1.82, 2.24) is 9.55 Å². The van der Waals surface area contributed by atoms with Gasteiger partial charge in [0.2, 0.25) is 0 Å². The van der Waals surface area contributed by atoms with Gasteiger partial charge in [0.1, 0.15) is 17.3 Å². The Morgan fingerprint density at radius 2 is 2.11 bits per heavy atom.